The van der Waals surface area contributed by atoms with E-state index < -0.39 is 0 Å². The van der Waals surface area contributed by atoms with Crippen molar-refractivity contribution in [3.63, 3.8) is 0 Å². The number of esters is 1. The van der Waals surface area contributed by atoms with Crippen LogP contribution >= 0.6 is 0 Å². The van der Waals surface area contributed by atoms with Crippen molar-refractivity contribution >= 4 is 17.8 Å². The van der Waals surface area contributed by atoms with Crippen LogP contribution in [0.5, 0.6) is 17.2 Å². The Kier molecular flexibility index (Phi) is 5.21. The zero-order valence-electron chi connectivity index (χ0n) is 16.1. The zero-order valence-corrected chi connectivity index (χ0v) is 16.1. The fourth-order valence-corrected chi connectivity index (χ4v) is 2.99. The summed E-state index contributed by atoms with van der Waals surface area (Å²) in [6.45, 7) is 4.00. The highest BCUT2D eigenvalue weighted by molar-refractivity contribution is 6.05. The van der Waals surface area contributed by atoms with Crippen LogP contribution in [0.15, 0.2) is 42.0 Å². The van der Waals surface area contributed by atoms with Gasteiger partial charge in [-0.3, -0.25) is 0 Å². The van der Waals surface area contributed by atoms with Crippen LogP contribution in [0, 0.1) is 13.8 Å². The first-order chi connectivity index (χ1) is 13.0. The molecule has 0 atom stereocenters. The minimum absolute atomic E-state index is 0.389. The Labute approximate surface area is 158 Å². The van der Waals surface area contributed by atoms with Crippen LogP contribution in [-0.4, -0.2) is 27.3 Å². The molecule has 2 aromatic carbocycles. The molecule has 0 saturated carbocycles. The van der Waals surface area contributed by atoms with Gasteiger partial charge in [0.15, 0.2) is 11.5 Å². The maximum atomic E-state index is 12.4. The van der Waals surface area contributed by atoms with Crippen LogP contribution in [0.25, 0.3) is 11.8 Å². The van der Waals surface area contributed by atoms with E-state index in [0.717, 1.165) is 22.3 Å². The second-order valence-electron chi connectivity index (χ2n) is 6.27. The molecule has 0 N–H and O–H groups in total. The highest BCUT2D eigenvalue weighted by Gasteiger charge is 2.23. The summed E-state index contributed by atoms with van der Waals surface area (Å²) in [5.41, 5.74) is 4.27. The van der Waals surface area contributed by atoms with Gasteiger partial charge in [-0.25, -0.2) is 4.79 Å². The number of benzene rings is 2. The van der Waals surface area contributed by atoms with Crippen LogP contribution in [0.2, 0.25) is 0 Å². The van der Waals surface area contributed by atoms with Crippen molar-refractivity contribution in [3.8, 4) is 17.2 Å². The fraction of sp³-hybridized carbons (Fsp3) is 0.227. The molecule has 0 radical (unpaired) electrons. The number of carbonyl (C=O) groups excluding carboxylic acids is 1. The van der Waals surface area contributed by atoms with E-state index in [1.54, 1.807) is 45.6 Å². The third-order valence-electron chi connectivity index (χ3n) is 4.39. The number of hydrogen-bond acceptors (Lipinski definition) is 5. The Morgan fingerprint density at radius 1 is 0.926 bits per heavy atom. The molecule has 0 bridgehead atoms. The summed E-state index contributed by atoms with van der Waals surface area (Å²) in [6, 6.07) is 9.62. The zero-order chi connectivity index (χ0) is 19.6. The number of aryl methyl sites for hydroxylation is 2. The largest absolute Gasteiger partial charge is 0.493 e. The summed E-state index contributed by atoms with van der Waals surface area (Å²) in [4.78, 5) is 12.4. The van der Waals surface area contributed by atoms with Crippen LogP contribution < -0.4 is 14.2 Å². The molecule has 0 unspecified atom stereocenters. The highest BCUT2D eigenvalue weighted by Crippen LogP contribution is 2.39. The lowest BCUT2D eigenvalue weighted by atomic mass is 10.0. The second kappa shape index (κ2) is 7.58. The number of cyclic esters (lactones) is 1. The Morgan fingerprint density at radius 3 is 2.19 bits per heavy atom. The van der Waals surface area contributed by atoms with Crippen LogP contribution in [0.1, 0.15) is 22.3 Å². The van der Waals surface area contributed by atoms with E-state index in [-0.39, 0.29) is 5.97 Å². The van der Waals surface area contributed by atoms with Gasteiger partial charge in [-0.2, -0.15) is 0 Å². The van der Waals surface area contributed by atoms with E-state index in [1.807, 2.05) is 32.0 Å². The van der Waals surface area contributed by atoms with Crippen molar-refractivity contribution in [1.82, 2.24) is 0 Å². The lowest BCUT2D eigenvalue weighted by Crippen LogP contribution is -1.99. The maximum absolute atomic E-state index is 12.4. The molecule has 5 heteroatoms. The minimum atomic E-state index is -0.389. The molecule has 2 aromatic rings. The van der Waals surface area contributed by atoms with E-state index in [4.69, 9.17) is 18.9 Å². The number of methoxy groups -OCH3 is 3. The van der Waals surface area contributed by atoms with E-state index in [1.165, 1.54) is 0 Å². The summed E-state index contributed by atoms with van der Waals surface area (Å²) in [5.74, 6) is 1.71. The molecule has 0 saturated heterocycles. The topological polar surface area (TPSA) is 54.0 Å². The molecule has 0 amide bonds. The average molecular weight is 366 g/mol. The lowest BCUT2D eigenvalue weighted by Gasteiger charge is -2.12. The Bertz CT molecular complexity index is 928. The van der Waals surface area contributed by atoms with Crippen LogP contribution in [0.3, 0.4) is 0 Å². The van der Waals surface area contributed by atoms with E-state index in [2.05, 4.69) is 0 Å². The van der Waals surface area contributed by atoms with Crippen molar-refractivity contribution in [1.29, 1.82) is 0 Å². The monoisotopic (exact) mass is 366 g/mol. The number of carbonyl (C=O) groups is 1. The van der Waals surface area contributed by atoms with Crippen molar-refractivity contribution in [2.24, 2.45) is 0 Å². The van der Waals surface area contributed by atoms with Crippen molar-refractivity contribution in [2.75, 3.05) is 21.3 Å². The van der Waals surface area contributed by atoms with Gasteiger partial charge in [0.05, 0.1) is 26.9 Å². The third kappa shape index (κ3) is 3.67. The van der Waals surface area contributed by atoms with Crippen LogP contribution in [-0.2, 0) is 9.53 Å². The van der Waals surface area contributed by atoms with Gasteiger partial charge >= 0.3 is 5.97 Å². The van der Waals surface area contributed by atoms with E-state index >= 15 is 0 Å². The van der Waals surface area contributed by atoms with Crippen molar-refractivity contribution in [2.45, 2.75) is 13.8 Å². The van der Waals surface area contributed by atoms with Gasteiger partial charge in [0.2, 0.25) is 5.75 Å². The van der Waals surface area contributed by atoms with Gasteiger partial charge in [0, 0.05) is 5.56 Å². The van der Waals surface area contributed by atoms with E-state index in [9.17, 15) is 4.79 Å². The molecular weight excluding hydrogens is 344 g/mol. The van der Waals surface area contributed by atoms with Crippen molar-refractivity contribution < 1.29 is 23.7 Å². The molecule has 1 aliphatic rings. The summed E-state index contributed by atoms with van der Waals surface area (Å²) < 4.78 is 21.6. The molecule has 1 aliphatic heterocycles. The summed E-state index contributed by atoms with van der Waals surface area (Å²) >= 11 is 0. The Balaban J connectivity index is 2.03. The van der Waals surface area contributed by atoms with E-state index in [0.29, 0.717) is 28.6 Å². The molecule has 3 rings (SSSR count). The van der Waals surface area contributed by atoms with Gasteiger partial charge in [-0.15, -0.1) is 0 Å². The molecule has 0 spiro atoms. The molecule has 0 aliphatic carbocycles. The van der Waals surface area contributed by atoms with Gasteiger partial charge in [-0.1, -0.05) is 17.7 Å². The summed E-state index contributed by atoms with van der Waals surface area (Å²) in [7, 11) is 4.65. The maximum Gasteiger partial charge on any atom is 0.343 e. The Morgan fingerprint density at radius 2 is 1.59 bits per heavy atom. The summed E-state index contributed by atoms with van der Waals surface area (Å²) in [6.07, 6.45) is 3.50. The number of hydrogen-bond donors (Lipinski definition) is 0. The molecule has 27 heavy (non-hydrogen) atoms. The summed E-state index contributed by atoms with van der Waals surface area (Å²) in [5, 5.41) is 0. The first kappa shape index (κ1) is 18.6. The van der Waals surface area contributed by atoms with Gasteiger partial charge < -0.3 is 18.9 Å². The van der Waals surface area contributed by atoms with Gasteiger partial charge in [0.1, 0.15) is 5.76 Å². The predicted molar refractivity (Wildman–Crippen MR) is 104 cm³/mol. The quantitative estimate of drug-likeness (QED) is 0.583. The molecular formula is C22H22O5. The lowest BCUT2D eigenvalue weighted by molar-refractivity contribution is -0.130. The van der Waals surface area contributed by atoms with Gasteiger partial charge in [0.25, 0.3) is 0 Å². The first-order valence-electron chi connectivity index (χ1n) is 8.50. The number of rotatable bonds is 5. The molecule has 140 valence electrons. The molecule has 0 fully saturated rings. The standard InChI is InChI=1S/C22H22O5/c1-13-6-7-14(2)17(8-13)18-12-16(22(23)27-18)9-15-10-19(24-3)21(26-5)20(11-15)25-4/h6-12H,1-5H3/b16-9-. The molecule has 5 nitrogen and oxygen atoms in total. The highest BCUT2D eigenvalue weighted by atomic mass is 16.5. The average Bonchev–Trinajstić information content (AvgIpc) is 3.02. The van der Waals surface area contributed by atoms with Gasteiger partial charge in [-0.05, 0) is 55.3 Å². The Hall–Kier alpha value is -3.21. The SMILES string of the molecule is COc1cc(/C=C2/C=C(c3cc(C)ccc3C)OC2=O)cc(OC)c1OC. The normalized spacial score (nSPS) is 14.8. The second-order valence-corrected chi connectivity index (χ2v) is 6.27. The predicted octanol–water partition coefficient (Wildman–Crippen LogP) is 4.31. The molecule has 1 heterocycles. The third-order valence-corrected chi connectivity index (χ3v) is 4.39. The number of ether oxygens (including phenoxy) is 4. The molecule has 0 aromatic heterocycles. The van der Waals surface area contributed by atoms with Crippen LogP contribution in [0.4, 0.5) is 0 Å². The minimum Gasteiger partial charge on any atom is -0.493 e. The smallest absolute Gasteiger partial charge is 0.343 e. The first-order valence-corrected chi connectivity index (χ1v) is 8.50. The van der Waals surface area contributed by atoms with Crippen molar-refractivity contribution in [3.05, 3.63) is 64.2 Å². The fourth-order valence-electron chi connectivity index (χ4n) is 2.99.